The lowest BCUT2D eigenvalue weighted by Crippen LogP contribution is -2.50. The topological polar surface area (TPSA) is 84.9 Å². The Labute approximate surface area is 194 Å². The normalized spacial score (nSPS) is 16.0. The van der Waals surface area contributed by atoms with E-state index in [1.165, 1.54) is 30.7 Å². The highest BCUT2D eigenvalue weighted by atomic mass is 32.2. The van der Waals surface area contributed by atoms with Crippen LogP contribution in [0.5, 0.6) is 11.5 Å². The molecule has 33 heavy (non-hydrogen) atoms. The Morgan fingerprint density at radius 3 is 2.30 bits per heavy atom. The lowest BCUT2D eigenvalue weighted by Gasteiger charge is -2.35. The second-order valence-electron chi connectivity index (χ2n) is 7.86. The van der Waals surface area contributed by atoms with Crippen LogP contribution in [0.4, 0.5) is 5.69 Å². The van der Waals surface area contributed by atoms with Gasteiger partial charge in [-0.2, -0.15) is 4.31 Å². The summed E-state index contributed by atoms with van der Waals surface area (Å²) in [5, 5.41) is 2.92. The van der Waals surface area contributed by atoms with Crippen molar-refractivity contribution < 1.29 is 22.7 Å². The van der Waals surface area contributed by atoms with Gasteiger partial charge >= 0.3 is 0 Å². The van der Waals surface area contributed by atoms with E-state index in [0.29, 0.717) is 17.2 Å². The molecule has 1 aliphatic rings. The molecule has 0 fully saturated rings. The number of carbonyl (C=O) groups is 1. The van der Waals surface area contributed by atoms with Crippen molar-refractivity contribution in [3.8, 4) is 11.5 Å². The van der Waals surface area contributed by atoms with E-state index < -0.39 is 16.1 Å². The number of nitrogens with one attached hydrogen (secondary N) is 1. The van der Waals surface area contributed by atoms with Crippen molar-refractivity contribution in [1.82, 2.24) is 4.31 Å². The largest absolute Gasteiger partial charge is 0.493 e. The van der Waals surface area contributed by atoms with Crippen LogP contribution in [0.15, 0.2) is 71.6 Å². The van der Waals surface area contributed by atoms with Gasteiger partial charge in [-0.3, -0.25) is 4.79 Å². The zero-order valence-electron chi connectivity index (χ0n) is 18.7. The molecule has 0 aromatic heterocycles. The number of methoxy groups -OCH3 is 2. The van der Waals surface area contributed by atoms with Gasteiger partial charge in [0.2, 0.25) is 15.9 Å². The van der Waals surface area contributed by atoms with Crippen molar-refractivity contribution in [2.24, 2.45) is 0 Å². The predicted molar refractivity (Wildman–Crippen MR) is 126 cm³/mol. The first kappa shape index (κ1) is 22.8. The summed E-state index contributed by atoms with van der Waals surface area (Å²) in [6.45, 7) is 1.99. The van der Waals surface area contributed by atoms with Crippen LogP contribution in [-0.4, -0.2) is 38.9 Å². The minimum Gasteiger partial charge on any atom is -0.493 e. The highest BCUT2D eigenvalue weighted by molar-refractivity contribution is 7.89. The Morgan fingerprint density at radius 2 is 1.61 bits per heavy atom. The Kier molecular flexibility index (Phi) is 6.40. The second-order valence-corrected chi connectivity index (χ2v) is 9.75. The lowest BCUT2D eigenvalue weighted by atomic mass is 9.95. The fourth-order valence-corrected chi connectivity index (χ4v) is 5.60. The fraction of sp³-hybridized carbons (Fsp3) is 0.240. The van der Waals surface area contributed by atoms with Gasteiger partial charge in [0, 0.05) is 18.3 Å². The van der Waals surface area contributed by atoms with Gasteiger partial charge < -0.3 is 14.8 Å². The molecule has 1 aliphatic heterocycles. The Hall–Kier alpha value is -3.36. The summed E-state index contributed by atoms with van der Waals surface area (Å²) in [4.78, 5) is 13.4. The maximum atomic E-state index is 13.7. The minimum atomic E-state index is -4.02. The maximum absolute atomic E-state index is 13.7. The molecule has 8 heteroatoms. The van der Waals surface area contributed by atoms with E-state index in [-0.39, 0.29) is 23.8 Å². The third-order valence-corrected chi connectivity index (χ3v) is 7.72. The van der Waals surface area contributed by atoms with Crippen molar-refractivity contribution >= 4 is 21.6 Å². The molecule has 1 atom stereocenters. The smallest absolute Gasteiger partial charge is 0.244 e. The zero-order valence-corrected chi connectivity index (χ0v) is 19.6. The predicted octanol–water partition coefficient (Wildman–Crippen LogP) is 3.77. The number of ether oxygens (including phenoxy) is 2. The molecule has 3 aromatic rings. The molecule has 0 unspecified atom stereocenters. The molecular weight excluding hydrogens is 440 g/mol. The van der Waals surface area contributed by atoms with E-state index in [9.17, 15) is 13.2 Å². The fourth-order valence-electron chi connectivity index (χ4n) is 4.02. The third-order valence-electron chi connectivity index (χ3n) is 5.87. The molecule has 0 saturated heterocycles. The first-order valence-corrected chi connectivity index (χ1v) is 12.0. The number of aryl methyl sites for hydroxylation is 1. The summed E-state index contributed by atoms with van der Waals surface area (Å²) in [6.07, 6.45) is 0.278. The minimum absolute atomic E-state index is 0.0354. The monoisotopic (exact) mass is 466 g/mol. The number of hydrogen-bond acceptors (Lipinski definition) is 5. The van der Waals surface area contributed by atoms with Crippen LogP contribution in [0.1, 0.15) is 16.7 Å². The van der Waals surface area contributed by atoms with Gasteiger partial charge in [0.25, 0.3) is 0 Å². The highest BCUT2D eigenvalue weighted by Crippen LogP contribution is 2.34. The maximum Gasteiger partial charge on any atom is 0.244 e. The summed E-state index contributed by atoms with van der Waals surface area (Å²) in [6, 6.07) is 18.5. The second kappa shape index (κ2) is 9.25. The molecule has 0 radical (unpaired) electrons. The molecule has 0 aliphatic carbocycles. The van der Waals surface area contributed by atoms with E-state index in [4.69, 9.17) is 9.47 Å². The van der Waals surface area contributed by atoms with Gasteiger partial charge in [0.1, 0.15) is 6.04 Å². The van der Waals surface area contributed by atoms with Gasteiger partial charge in [-0.1, -0.05) is 42.5 Å². The van der Waals surface area contributed by atoms with Crippen LogP contribution in [0.3, 0.4) is 0 Å². The van der Waals surface area contributed by atoms with Crippen LogP contribution in [-0.2, 0) is 27.8 Å². The van der Waals surface area contributed by atoms with Crippen molar-refractivity contribution in [2.45, 2.75) is 30.8 Å². The van der Waals surface area contributed by atoms with E-state index in [2.05, 4.69) is 5.32 Å². The van der Waals surface area contributed by atoms with E-state index in [0.717, 1.165) is 16.7 Å². The molecule has 1 amide bonds. The molecule has 0 spiro atoms. The zero-order chi connectivity index (χ0) is 23.6. The number of hydrogen-bond donors (Lipinski definition) is 1. The Bertz CT molecular complexity index is 1290. The van der Waals surface area contributed by atoms with Gasteiger partial charge in [0.05, 0.1) is 19.1 Å². The summed E-state index contributed by atoms with van der Waals surface area (Å²) >= 11 is 0. The van der Waals surface area contributed by atoms with Crippen molar-refractivity contribution in [2.75, 3.05) is 19.5 Å². The molecule has 3 aromatic carbocycles. The summed E-state index contributed by atoms with van der Waals surface area (Å²) in [7, 11) is -1.09. The highest BCUT2D eigenvalue weighted by Gasteiger charge is 2.40. The average Bonchev–Trinajstić information content (AvgIpc) is 2.84. The Balaban J connectivity index is 1.74. The van der Waals surface area contributed by atoms with Gasteiger partial charge in [-0.25, -0.2) is 8.42 Å². The number of para-hydroxylation sites is 1. The number of fused-ring (bicyclic) bond motifs is 1. The first-order valence-electron chi connectivity index (χ1n) is 10.5. The first-order chi connectivity index (χ1) is 15.8. The number of amides is 1. The molecule has 172 valence electrons. The van der Waals surface area contributed by atoms with Crippen molar-refractivity contribution in [1.29, 1.82) is 0 Å². The summed E-state index contributed by atoms with van der Waals surface area (Å²) in [5.41, 5.74) is 3.39. The van der Waals surface area contributed by atoms with Crippen molar-refractivity contribution in [3.63, 3.8) is 0 Å². The van der Waals surface area contributed by atoms with Crippen LogP contribution in [0.2, 0.25) is 0 Å². The van der Waals surface area contributed by atoms with E-state index in [1.807, 2.05) is 49.4 Å². The SMILES string of the molecule is COc1ccc(S(=O)(=O)N2Cc3ccccc3C[C@H]2C(=O)Nc2ccccc2C)cc1OC. The molecule has 1 N–H and O–H groups in total. The number of benzene rings is 3. The number of rotatable bonds is 6. The number of nitrogens with zero attached hydrogens (tertiary/aromatic N) is 1. The quantitative estimate of drug-likeness (QED) is 0.598. The summed E-state index contributed by atoms with van der Waals surface area (Å²) in [5.74, 6) is 0.356. The molecule has 0 bridgehead atoms. The molecule has 4 rings (SSSR count). The molecule has 0 saturated carbocycles. The standard InChI is InChI=1S/C25H26N2O5S/c1-17-8-4-7-11-21(17)26-25(28)22-14-18-9-5-6-10-19(18)16-27(22)33(29,30)20-12-13-23(31-2)24(15-20)32-3/h4-13,15,22H,14,16H2,1-3H3,(H,26,28)/t22-/m0/s1. The molecule has 7 nitrogen and oxygen atoms in total. The number of anilines is 1. The van der Waals surface area contributed by atoms with Crippen LogP contribution in [0.25, 0.3) is 0 Å². The van der Waals surface area contributed by atoms with Crippen LogP contribution < -0.4 is 14.8 Å². The third kappa shape index (κ3) is 4.44. The van der Waals surface area contributed by atoms with Crippen molar-refractivity contribution in [3.05, 3.63) is 83.4 Å². The van der Waals surface area contributed by atoms with Crippen LogP contribution >= 0.6 is 0 Å². The van der Waals surface area contributed by atoms with Gasteiger partial charge in [-0.05, 0) is 48.2 Å². The van der Waals surface area contributed by atoms with E-state index >= 15 is 0 Å². The van der Waals surface area contributed by atoms with E-state index in [1.54, 1.807) is 12.1 Å². The lowest BCUT2D eigenvalue weighted by molar-refractivity contribution is -0.120. The number of carbonyl (C=O) groups excluding carboxylic acids is 1. The molecule has 1 heterocycles. The number of sulfonamides is 1. The molecular formula is C25H26N2O5S. The van der Waals surface area contributed by atoms with Gasteiger partial charge in [0.15, 0.2) is 11.5 Å². The summed E-state index contributed by atoms with van der Waals surface area (Å²) < 4.78 is 39.3. The van der Waals surface area contributed by atoms with Crippen LogP contribution in [0, 0.1) is 6.92 Å². The van der Waals surface area contributed by atoms with Gasteiger partial charge in [-0.15, -0.1) is 0 Å². The average molecular weight is 467 g/mol. The Morgan fingerprint density at radius 1 is 0.939 bits per heavy atom.